The van der Waals surface area contributed by atoms with Crippen molar-refractivity contribution >= 4 is 29.3 Å². The molecule has 1 rings (SSSR count). The molecule has 1 heterocycles. The van der Waals surface area contributed by atoms with Crippen LogP contribution in [0.3, 0.4) is 0 Å². The molecule has 0 bridgehead atoms. The summed E-state index contributed by atoms with van der Waals surface area (Å²) in [6, 6.07) is 1.61. The molecule has 0 amide bonds. The molecule has 0 spiro atoms. The maximum atomic E-state index is 11.9. The van der Waals surface area contributed by atoms with Crippen molar-refractivity contribution in [3.05, 3.63) is 17.0 Å². The van der Waals surface area contributed by atoms with Gasteiger partial charge in [-0.25, -0.2) is 14.8 Å². The average Bonchev–Trinajstić information content (AvgIpc) is 2.23. The Morgan fingerprint density at radius 3 is 2.67 bits per heavy atom. The topological polar surface area (TPSA) is 52.1 Å². The quantitative estimate of drug-likeness (QED) is 0.367. The van der Waals surface area contributed by atoms with E-state index in [0.29, 0.717) is 5.03 Å². The van der Waals surface area contributed by atoms with Crippen LogP contribution in [0.15, 0.2) is 11.1 Å². The SMILES string of the molecule is CCCSc1cc(C(=O)OC(C)(C)C)nc(Cl)n1. The number of thioether (sulfide) groups is 1. The van der Waals surface area contributed by atoms with Gasteiger partial charge in [0.15, 0.2) is 5.69 Å². The molecule has 0 unspecified atom stereocenters. The number of halogens is 1. The standard InChI is InChI=1S/C12H17ClN2O2S/c1-5-6-18-9-7-8(14-11(13)15-9)10(16)17-12(2,3)4/h7H,5-6H2,1-4H3. The summed E-state index contributed by atoms with van der Waals surface area (Å²) in [4.78, 5) is 19.8. The second kappa shape index (κ2) is 6.38. The summed E-state index contributed by atoms with van der Waals surface area (Å²) < 4.78 is 5.24. The Bertz CT molecular complexity index is 433. The van der Waals surface area contributed by atoms with Gasteiger partial charge in [-0.1, -0.05) is 6.92 Å². The lowest BCUT2D eigenvalue weighted by atomic mass is 10.2. The zero-order valence-corrected chi connectivity index (χ0v) is 12.6. The van der Waals surface area contributed by atoms with Crippen molar-refractivity contribution in [1.29, 1.82) is 0 Å². The van der Waals surface area contributed by atoms with Crippen LogP contribution in [0.4, 0.5) is 0 Å². The highest BCUT2D eigenvalue weighted by molar-refractivity contribution is 7.99. The maximum Gasteiger partial charge on any atom is 0.357 e. The Morgan fingerprint density at radius 1 is 1.44 bits per heavy atom. The minimum Gasteiger partial charge on any atom is -0.455 e. The molecular weight excluding hydrogens is 272 g/mol. The summed E-state index contributed by atoms with van der Waals surface area (Å²) in [5.41, 5.74) is -0.353. The van der Waals surface area contributed by atoms with E-state index in [-0.39, 0.29) is 11.0 Å². The first-order chi connectivity index (χ1) is 8.31. The molecule has 0 atom stereocenters. The lowest BCUT2D eigenvalue weighted by molar-refractivity contribution is 0.00622. The van der Waals surface area contributed by atoms with E-state index >= 15 is 0 Å². The van der Waals surface area contributed by atoms with Gasteiger partial charge in [-0.3, -0.25) is 0 Å². The number of rotatable bonds is 4. The molecule has 18 heavy (non-hydrogen) atoms. The lowest BCUT2D eigenvalue weighted by Crippen LogP contribution is -2.24. The third-order valence-electron chi connectivity index (χ3n) is 1.74. The van der Waals surface area contributed by atoms with Crippen molar-refractivity contribution in [1.82, 2.24) is 9.97 Å². The highest BCUT2D eigenvalue weighted by Gasteiger charge is 2.20. The van der Waals surface area contributed by atoms with Crippen molar-refractivity contribution in [2.24, 2.45) is 0 Å². The second-order valence-corrected chi connectivity index (χ2v) is 6.16. The van der Waals surface area contributed by atoms with Crippen LogP contribution in [0.25, 0.3) is 0 Å². The molecule has 0 saturated carbocycles. The highest BCUT2D eigenvalue weighted by atomic mass is 35.5. The maximum absolute atomic E-state index is 11.9. The van der Waals surface area contributed by atoms with Crippen LogP contribution in [-0.4, -0.2) is 27.3 Å². The van der Waals surface area contributed by atoms with Gasteiger partial charge in [-0.2, -0.15) is 0 Å². The number of aromatic nitrogens is 2. The highest BCUT2D eigenvalue weighted by Crippen LogP contribution is 2.20. The van der Waals surface area contributed by atoms with Gasteiger partial charge in [-0.05, 0) is 44.5 Å². The lowest BCUT2D eigenvalue weighted by Gasteiger charge is -2.19. The molecule has 0 N–H and O–H groups in total. The van der Waals surface area contributed by atoms with Crippen LogP contribution in [-0.2, 0) is 4.74 Å². The molecule has 4 nitrogen and oxygen atoms in total. The minimum atomic E-state index is -0.550. The molecule has 0 radical (unpaired) electrons. The van der Waals surface area contributed by atoms with Crippen LogP contribution in [0.1, 0.15) is 44.6 Å². The second-order valence-electron chi connectivity index (χ2n) is 4.71. The number of carbonyl (C=O) groups excluding carboxylic acids is 1. The largest absolute Gasteiger partial charge is 0.455 e. The number of hydrogen-bond donors (Lipinski definition) is 0. The summed E-state index contributed by atoms with van der Waals surface area (Å²) in [5.74, 6) is 0.436. The summed E-state index contributed by atoms with van der Waals surface area (Å²) >= 11 is 7.34. The molecule has 0 aromatic carbocycles. The fourth-order valence-corrected chi connectivity index (χ4v) is 2.10. The smallest absolute Gasteiger partial charge is 0.357 e. The normalized spacial score (nSPS) is 11.4. The zero-order chi connectivity index (χ0) is 13.8. The minimum absolute atomic E-state index is 0.0666. The Hall–Kier alpha value is -0.810. The Balaban J connectivity index is 2.88. The first-order valence-electron chi connectivity index (χ1n) is 5.72. The van der Waals surface area contributed by atoms with Gasteiger partial charge in [0, 0.05) is 6.07 Å². The molecule has 0 fully saturated rings. The first-order valence-corrected chi connectivity index (χ1v) is 7.09. The van der Waals surface area contributed by atoms with Gasteiger partial charge in [0.2, 0.25) is 5.28 Å². The summed E-state index contributed by atoms with van der Waals surface area (Å²) in [6.45, 7) is 7.49. The van der Waals surface area contributed by atoms with Gasteiger partial charge in [-0.15, -0.1) is 11.8 Å². The van der Waals surface area contributed by atoms with E-state index in [1.165, 1.54) is 0 Å². The fourth-order valence-electron chi connectivity index (χ4n) is 1.11. The van der Waals surface area contributed by atoms with Gasteiger partial charge >= 0.3 is 5.97 Å². The van der Waals surface area contributed by atoms with Gasteiger partial charge < -0.3 is 4.74 Å². The average molecular weight is 289 g/mol. The van der Waals surface area contributed by atoms with Crippen LogP contribution < -0.4 is 0 Å². The fraction of sp³-hybridized carbons (Fsp3) is 0.583. The number of hydrogen-bond acceptors (Lipinski definition) is 5. The van der Waals surface area contributed by atoms with E-state index in [1.54, 1.807) is 38.6 Å². The van der Waals surface area contributed by atoms with Crippen LogP contribution in [0.5, 0.6) is 0 Å². The van der Waals surface area contributed by atoms with Crippen LogP contribution >= 0.6 is 23.4 Å². The Labute approximate surface area is 116 Å². The molecule has 0 saturated heterocycles. The van der Waals surface area contributed by atoms with E-state index < -0.39 is 11.6 Å². The molecular formula is C12H17ClN2O2S. The van der Waals surface area contributed by atoms with Crippen molar-refractivity contribution in [2.75, 3.05) is 5.75 Å². The van der Waals surface area contributed by atoms with Gasteiger partial charge in [0.25, 0.3) is 0 Å². The van der Waals surface area contributed by atoms with E-state index in [1.807, 2.05) is 0 Å². The van der Waals surface area contributed by atoms with Crippen molar-refractivity contribution in [3.8, 4) is 0 Å². The first kappa shape index (κ1) is 15.2. The molecule has 0 aliphatic heterocycles. The van der Waals surface area contributed by atoms with Crippen molar-refractivity contribution < 1.29 is 9.53 Å². The molecule has 1 aromatic rings. The molecule has 0 aliphatic rings. The van der Waals surface area contributed by atoms with E-state index in [4.69, 9.17) is 16.3 Å². The zero-order valence-electron chi connectivity index (χ0n) is 11.0. The predicted molar refractivity (Wildman–Crippen MR) is 73.2 cm³/mol. The molecule has 1 aromatic heterocycles. The van der Waals surface area contributed by atoms with E-state index in [9.17, 15) is 4.79 Å². The molecule has 6 heteroatoms. The predicted octanol–water partition coefficient (Wildman–Crippen LogP) is 3.59. The Morgan fingerprint density at radius 2 is 2.11 bits per heavy atom. The summed E-state index contributed by atoms with van der Waals surface area (Å²) in [7, 11) is 0. The van der Waals surface area contributed by atoms with Crippen molar-refractivity contribution in [3.63, 3.8) is 0 Å². The Kier molecular flexibility index (Phi) is 5.41. The van der Waals surface area contributed by atoms with Crippen LogP contribution in [0.2, 0.25) is 5.28 Å². The number of carbonyl (C=O) groups is 1. The molecule has 0 aliphatic carbocycles. The van der Waals surface area contributed by atoms with Crippen molar-refractivity contribution in [2.45, 2.75) is 44.7 Å². The van der Waals surface area contributed by atoms with Gasteiger partial charge in [0.05, 0.1) is 0 Å². The third-order valence-corrected chi connectivity index (χ3v) is 3.02. The molecule has 100 valence electrons. The van der Waals surface area contributed by atoms with E-state index in [0.717, 1.165) is 12.2 Å². The number of ether oxygens (including phenoxy) is 1. The summed E-state index contributed by atoms with van der Waals surface area (Å²) in [5, 5.41) is 0.759. The van der Waals surface area contributed by atoms with Crippen LogP contribution in [0, 0.1) is 0 Å². The summed E-state index contributed by atoms with van der Waals surface area (Å²) in [6.07, 6.45) is 1.02. The monoisotopic (exact) mass is 288 g/mol. The van der Waals surface area contributed by atoms with E-state index in [2.05, 4.69) is 16.9 Å². The van der Waals surface area contributed by atoms with Gasteiger partial charge in [0.1, 0.15) is 10.6 Å². The number of esters is 1. The third kappa shape index (κ3) is 5.23. The number of nitrogens with zero attached hydrogens (tertiary/aromatic N) is 2.